The SMILES string of the molecule is CCCCCCCCCCCC(=O)OCCCCCCCCCCCCCCCCCCCCO. The van der Waals surface area contributed by atoms with Crippen molar-refractivity contribution in [2.45, 2.75) is 187 Å². The topological polar surface area (TPSA) is 46.5 Å². The second kappa shape index (κ2) is 31.5. The lowest BCUT2D eigenvalue weighted by atomic mass is 10.0. The molecule has 0 fully saturated rings. The first-order chi connectivity index (χ1) is 17.3. The first-order valence-electron chi connectivity index (χ1n) is 16.1. The van der Waals surface area contributed by atoms with Crippen LogP contribution in [-0.2, 0) is 9.53 Å². The van der Waals surface area contributed by atoms with Crippen LogP contribution in [0, 0.1) is 0 Å². The van der Waals surface area contributed by atoms with Crippen LogP contribution in [0.2, 0.25) is 0 Å². The van der Waals surface area contributed by atoms with E-state index in [1.54, 1.807) is 0 Å². The van der Waals surface area contributed by atoms with Crippen LogP contribution in [0.4, 0.5) is 0 Å². The molecule has 0 heterocycles. The first kappa shape index (κ1) is 34.4. The normalized spacial score (nSPS) is 11.3. The summed E-state index contributed by atoms with van der Waals surface area (Å²) >= 11 is 0. The van der Waals surface area contributed by atoms with E-state index in [1.165, 1.54) is 154 Å². The van der Waals surface area contributed by atoms with Gasteiger partial charge in [0.05, 0.1) is 6.61 Å². The van der Waals surface area contributed by atoms with E-state index in [2.05, 4.69) is 6.92 Å². The van der Waals surface area contributed by atoms with Crippen molar-refractivity contribution < 1.29 is 14.6 Å². The molecule has 0 radical (unpaired) electrons. The number of ether oxygens (including phenoxy) is 1. The average molecular weight is 497 g/mol. The molecule has 0 aromatic carbocycles. The number of esters is 1. The standard InChI is InChI=1S/C32H64O3/c1-2-3-4-5-6-17-20-23-26-29-32(34)35-31-28-25-22-19-16-14-12-10-8-7-9-11-13-15-18-21-24-27-30-33/h33H,2-31H2,1H3. The molecule has 0 aliphatic carbocycles. The molecule has 3 heteroatoms. The fourth-order valence-corrected chi connectivity index (χ4v) is 4.88. The van der Waals surface area contributed by atoms with Gasteiger partial charge in [0.1, 0.15) is 0 Å². The Morgan fingerprint density at radius 3 is 1.14 bits per heavy atom. The third kappa shape index (κ3) is 31.4. The molecule has 0 aromatic heterocycles. The van der Waals surface area contributed by atoms with Gasteiger partial charge < -0.3 is 9.84 Å². The van der Waals surface area contributed by atoms with Crippen LogP contribution in [-0.4, -0.2) is 24.3 Å². The summed E-state index contributed by atoms with van der Waals surface area (Å²) in [6.45, 7) is 3.25. The van der Waals surface area contributed by atoms with E-state index in [-0.39, 0.29) is 5.97 Å². The number of unbranched alkanes of at least 4 members (excludes halogenated alkanes) is 25. The molecular weight excluding hydrogens is 432 g/mol. The Bertz CT molecular complexity index is 396. The maximum atomic E-state index is 11.8. The van der Waals surface area contributed by atoms with Crippen molar-refractivity contribution in [1.29, 1.82) is 0 Å². The zero-order valence-corrected chi connectivity index (χ0v) is 24.0. The largest absolute Gasteiger partial charge is 0.466 e. The molecule has 35 heavy (non-hydrogen) atoms. The van der Waals surface area contributed by atoms with E-state index in [9.17, 15) is 4.79 Å². The summed E-state index contributed by atoms with van der Waals surface area (Å²) in [5, 5.41) is 8.77. The number of carbonyl (C=O) groups is 1. The lowest BCUT2D eigenvalue weighted by molar-refractivity contribution is -0.143. The van der Waals surface area contributed by atoms with Gasteiger partial charge in [-0.05, 0) is 19.3 Å². The summed E-state index contributed by atoms with van der Waals surface area (Å²) in [5.74, 6) is 0.0159. The van der Waals surface area contributed by atoms with Crippen LogP contribution in [0.5, 0.6) is 0 Å². The fraction of sp³-hybridized carbons (Fsp3) is 0.969. The molecule has 1 N–H and O–H groups in total. The highest BCUT2D eigenvalue weighted by atomic mass is 16.5. The predicted molar refractivity (Wildman–Crippen MR) is 153 cm³/mol. The predicted octanol–water partition coefficient (Wildman–Crippen LogP) is 10.5. The lowest BCUT2D eigenvalue weighted by Crippen LogP contribution is -2.05. The molecule has 210 valence electrons. The highest BCUT2D eigenvalue weighted by Crippen LogP contribution is 2.15. The summed E-state index contributed by atoms with van der Waals surface area (Å²) < 4.78 is 5.40. The molecule has 0 bridgehead atoms. The second-order valence-electron chi connectivity index (χ2n) is 10.9. The number of aliphatic hydroxyl groups is 1. The Morgan fingerprint density at radius 1 is 0.457 bits per heavy atom. The summed E-state index contributed by atoms with van der Waals surface area (Å²) in [5.41, 5.74) is 0. The van der Waals surface area contributed by atoms with Crippen molar-refractivity contribution in [2.75, 3.05) is 13.2 Å². The summed E-state index contributed by atoms with van der Waals surface area (Å²) in [4.78, 5) is 11.8. The minimum absolute atomic E-state index is 0.0159. The highest BCUT2D eigenvalue weighted by molar-refractivity contribution is 5.69. The van der Waals surface area contributed by atoms with Gasteiger partial charge in [0.15, 0.2) is 0 Å². The first-order valence-corrected chi connectivity index (χ1v) is 16.1. The van der Waals surface area contributed by atoms with Crippen molar-refractivity contribution in [3.8, 4) is 0 Å². The molecule has 0 aliphatic rings. The number of hydrogen-bond acceptors (Lipinski definition) is 3. The Hall–Kier alpha value is -0.570. The maximum Gasteiger partial charge on any atom is 0.305 e. The van der Waals surface area contributed by atoms with Crippen molar-refractivity contribution in [2.24, 2.45) is 0 Å². The minimum Gasteiger partial charge on any atom is -0.466 e. The summed E-state index contributed by atoms with van der Waals surface area (Å²) in [6.07, 6.45) is 35.9. The van der Waals surface area contributed by atoms with Gasteiger partial charge >= 0.3 is 5.97 Å². The van der Waals surface area contributed by atoms with Crippen molar-refractivity contribution in [3.05, 3.63) is 0 Å². The van der Waals surface area contributed by atoms with Gasteiger partial charge in [-0.2, -0.15) is 0 Å². The number of carbonyl (C=O) groups excluding carboxylic acids is 1. The van der Waals surface area contributed by atoms with E-state index in [4.69, 9.17) is 9.84 Å². The van der Waals surface area contributed by atoms with Crippen LogP contribution in [0.25, 0.3) is 0 Å². The summed E-state index contributed by atoms with van der Waals surface area (Å²) in [7, 11) is 0. The van der Waals surface area contributed by atoms with Gasteiger partial charge in [0.25, 0.3) is 0 Å². The molecule has 0 spiro atoms. The highest BCUT2D eigenvalue weighted by Gasteiger charge is 2.02. The third-order valence-electron chi connectivity index (χ3n) is 7.30. The quantitative estimate of drug-likeness (QED) is 0.0794. The van der Waals surface area contributed by atoms with E-state index in [0.717, 1.165) is 19.3 Å². The van der Waals surface area contributed by atoms with E-state index >= 15 is 0 Å². The second-order valence-corrected chi connectivity index (χ2v) is 10.9. The molecule has 0 aromatic rings. The van der Waals surface area contributed by atoms with Crippen molar-refractivity contribution >= 4 is 5.97 Å². The van der Waals surface area contributed by atoms with Crippen LogP contribution in [0.15, 0.2) is 0 Å². The molecule has 0 amide bonds. The van der Waals surface area contributed by atoms with Gasteiger partial charge in [0.2, 0.25) is 0 Å². The van der Waals surface area contributed by atoms with E-state index in [0.29, 0.717) is 19.6 Å². The number of hydrogen-bond donors (Lipinski definition) is 1. The minimum atomic E-state index is 0.0159. The third-order valence-corrected chi connectivity index (χ3v) is 7.30. The number of aliphatic hydroxyl groups excluding tert-OH is 1. The smallest absolute Gasteiger partial charge is 0.305 e. The molecule has 0 saturated carbocycles. The van der Waals surface area contributed by atoms with E-state index in [1.807, 2.05) is 0 Å². The molecule has 0 atom stereocenters. The molecule has 0 unspecified atom stereocenters. The monoisotopic (exact) mass is 496 g/mol. The van der Waals surface area contributed by atoms with Gasteiger partial charge in [-0.3, -0.25) is 4.79 Å². The van der Waals surface area contributed by atoms with Crippen LogP contribution in [0.1, 0.15) is 187 Å². The Kier molecular flexibility index (Phi) is 30.9. The van der Waals surface area contributed by atoms with Crippen LogP contribution >= 0.6 is 0 Å². The maximum absolute atomic E-state index is 11.8. The Morgan fingerprint density at radius 2 is 0.771 bits per heavy atom. The zero-order valence-electron chi connectivity index (χ0n) is 24.0. The van der Waals surface area contributed by atoms with Gasteiger partial charge in [-0.15, -0.1) is 0 Å². The molecular formula is C32H64O3. The van der Waals surface area contributed by atoms with Crippen LogP contribution in [0.3, 0.4) is 0 Å². The fourth-order valence-electron chi connectivity index (χ4n) is 4.88. The van der Waals surface area contributed by atoms with Gasteiger partial charge in [0, 0.05) is 13.0 Å². The zero-order chi connectivity index (χ0) is 25.5. The molecule has 3 nitrogen and oxygen atoms in total. The van der Waals surface area contributed by atoms with Crippen molar-refractivity contribution in [3.63, 3.8) is 0 Å². The molecule has 0 saturated heterocycles. The molecule has 0 aliphatic heterocycles. The summed E-state index contributed by atoms with van der Waals surface area (Å²) in [6, 6.07) is 0. The van der Waals surface area contributed by atoms with Gasteiger partial charge in [-0.25, -0.2) is 0 Å². The number of rotatable bonds is 30. The average Bonchev–Trinajstić information content (AvgIpc) is 2.86. The van der Waals surface area contributed by atoms with Gasteiger partial charge in [-0.1, -0.05) is 161 Å². The Balaban J connectivity index is 3.12. The Labute approximate surface area is 220 Å². The molecule has 0 rings (SSSR count). The van der Waals surface area contributed by atoms with Crippen LogP contribution < -0.4 is 0 Å². The van der Waals surface area contributed by atoms with E-state index < -0.39 is 0 Å². The van der Waals surface area contributed by atoms with Crippen molar-refractivity contribution in [1.82, 2.24) is 0 Å². The lowest BCUT2D eigenvalue weighted by Gasteiger charge is -2.06.